The SMILES string of the molecule is CNN1CCC[C@@H](c2cncc(C#N)c2)CC1. The van der Waals surface area contributed by atoms with Crippen LogP contribution in [0.4, 0.5) is 0 Å². The van der Waals surface area contributed by atoms with Gasteiger partial charge in [-0.2, -0.15) is 5.26 Å². The minimum atomic E-state index is 0.536. The Morgan fingerprint density at radius 2 is 2.29 bits per heavy atom. The molecule has 4 nitrogen and oxygen atoms in total. The Hall–Kier alpha value is -1.44. The van der Waals surface area contributed by atoms with Crippen molar-refractivity contribution in [2.75, 3.05) is 20.1 Å². The monoisotopic (exact) mass is 230 g/mol. The first-order valence-electron chi connectivity index (χ1n) is 6.11. The second-order valence-electron chi connectivity index (χ2n) is 4.46. The van der Waals surface area contributed by atoms with Gasteiger partial charge in [-0.25, -0.2) is 5.01 Å². The minimum Gasteiger partial charge on any atom is -0.263 e. The van der Waals surface area contributed by atoms with Crippen molar-refractivity contribution >= 4 is 0 Å². The number of nitriles is 1. The van der Waals surface area contributed by atoms with E-state index in [0.717, 1.165) is 19.5 Å². The van der Waals surface area contributed by atoms with E-state index in [0.29, 0.717) is 11.5 Å². The van der Waals surface area contributed by atoms with Crippen LogP contribution in [-0.2, 0) is 0 Å². The van der Waals surface area contributed by atoms with Crippen LogP contribution in [0.1, 0.15) is 36.3 Å². The summed E-state index contributed by atoms with van der Waals surface area (Å²) in [5.74, 6) is 0.536. The lowest BCUT2D eigenvalue weighted by molar-refractivity contribution is 0.216. The lowest BCUT2D eigenvalue weighted by Gasteiger charge is -2.18. The normalized spacial score (nSPS) is 21.8. The van der Waals surface area contributed by atoms with Crippen LogP contribution in [0.2, 0.25) is 0 Å². The fourth-order valence-corrected chi connectivity index (χ4v) is 2.40. The molecular weight excluding hydrogens is 212 g/mol. The molecule has 1 N–H and O–H groups in total. The van der Waals surface area contributed by atoms with E-state index in [1.807, 2.05) is 19.3 Å². The number of hydrogen-bond acceptors (Lipinski definition) is 4. The third-order valence-electron chi connectivity index (χ3n) is 3.40. The first-order chi connectivity index (χ1) is 8.33. The van der Waals surface area contributed by atoms with Crippen LogP contribution in [0, 0.1) is 11.3 Å². The highest BCUT2D eigenvalue weighted by Gasteiger charge is 2.18. The van der Waals surface area contributed by atoms with Crippen molar-refractivity contribution in [1.29, 1.82) is 5.26 Å². The molecule has 2 rings (SSSR count). The topological polar surface area (TPSA) is 52.0 Å². The summed E-state index contributed by atoms with van der Waals surface area (Å²) in [6.45, 7) is 2.15. The smallest absolute Gasteiger partial charge is 0.101 e. The lowest BCUT2D eigenvalue weighted by Crippen LogP contribution is -2.35. The summed E-state index contributed by atoms with van der Waals surface area (Å²) in [6.07, 6.45) is 7.01. The highest BCUT2D eigenvalue weighted by Crippen LogP contribution is 2.27. The second kappa shape index (κ2) is 5.76. The number of hydrazine groups is 1. The van der Waals surface area contributed by atoms with Gasteiger partial charge in [0.1, 0.15) is 6.07 Å². The zero-order chi connectivity index (χ0) is 12.1. The lowest BCUT2D eigenvalue weighted by atomic mass is 9.93. The molecule has 0 saturated carbocycles. The van der Waals surface area contributed by atoms with Crippen molar-refractivity contribution in [1.82, 2.24) is 15.4 Å². The van der Waals surface area contributed by atoms with Crippen LogP contribution in [0.15, 0.2) is 18.5 Å². The zero-order valence-corrected chi connectivity index (χ0v) is 10.2. The summed E-state index contributed by atoms with van der Waals surface area (Å²) in [7, 11) is 1.97. The van der Waals surface area contributed by atoms with Gasteiger partial charge in [0.15, 0.2) is 0 Å². The Morgan fingerprint density at radius 1 is 1.41 bits per heavy atom. The second-order valence-corrected chi connectivity index (χ2v) is 4.46. The van der Waals surface area contributed by atoms with Gasteiger partial charge in [0.05, 0.1) is 5.56 Å². The minimum absolute atomic E-state index is 0.536. The van der Waals surface area contributed by atoms with E-state index in [1.165, 1.54) is 18.4 Å². The third kappa shape index (κ3) is 3.02. The van der Waals surface area contributed by atoms with Crippen molar-refractivity contribution in [2.24, 2.45) is 0 Å². The van der Waals surface area contributed by atoms with Gasteiger partial charge in [-0.15, -0.1) is 0 Å². The molecule has 1 aromatic rings. The van der Waals surface area contributed by atoms with E-state index in [1.54, 1.807) is 6.20 Å². The molecule has 0 unspecified atom stereocenters. The molecule has 1 aliphatic heterocycles. The Kier molecular flexibility index (Phi) is 4.08. The maximum Gasteiger partial charge on any atom is 0.101 e. The quantitative estimate of drug-likeness (QED) is 0.839. The fourth-order valence-electron chi connectivity index (χ4n) is 2.40. The fraction of sp³-hybridized carbons (Fsp3) is 0.538. The van der Waals surface area contributed by atoms with E-state index in [-0.39, 0.29) is 0 Å². The Morgan fingerprint density at radius 3 is 3.06 bits per heavy atom. The highest BCUT2D eigenvalue weighted by atomic mass is 15.5. The predicted octanol–water partition coefficient (Wildman–Crippen LogP) is 1.66. The number of aromatic nitrogens is 1. The van der Waals surface area contributed by atoms with Gasteiger partial charge >= 0.3 is 0 Å². The molecule has 0 bridgehead atoms. The number of pyridine rings is 1. The summed E-state index contributed by atoms with van der Waals surface area (Å²) in [5, 5.41) is 11.1. The van der Waals surface area contributed by atoms with Crippen molar-refractivity contribution in [2.45, 2.75) is 25.2 Å². The van der Waals surface area contributed by atoms with Crippen molar-refractivity contribution in [3.05, 3.63) is 29.6 Å². The molecule has 0 aliphatic carbocycles. The molecule has 0 aromatic carbocycles. The van der Waals surface area contributed by atoms with Crippen LogP contribution >= 0.6 is 0 Å². The number of nitrogens with one attached hydrogen (secondary N) is 1. The molecule has 0 amide bonds. The maximum absolute atomic E-state index is 8.89. The Bertz CT molecular complexity index is 410. The van der Waals surface area contributed by atoms with Gasteiger partial charge in [0, 0.05) is 25.5 Å². The van der Waals surface area contributed by atoms with Gasteiger partial charge in [-0.3, -0.25) is 10.4 Å². The van der Waals surface area contributed by atoms with Crippen LogP contribution in [-0.4, -0.2) is 30.1 Å². The molecule has 1 aromatic heterocycles. The average molecular weight is 230 g/mol. The van der Waals surface area contributed by atoms with E-state index < -0.39 is 0 Å². The van der Waals surface area contributed by atoms with E-state index in [2.05, 4.69) is 21.5 Å². The van der Waals surface area contributed by atoms with E-state index in [4.69, 9.17) is 5.26 Å². The summed E-state index contributed by atoms with van der Waals surface area (Å²) >= 11 is 0. The molecule has 1 atom stereocenters. The Balaban J connectivity index is 2.09. The van der Waals surface area contributed by atoms with Gasteiger partial charge < -0.3 is 0 Å². The van der Waals surface area contributed by atoms with Gasteiger partial charge in [-0.05, 0) is 43.9 Å². The first-order valence-corrected chi connectivity index (χ1v) is 6.11. The maximum atomic E-state index is 8.89. The number of rotatable bonds is 2. The zero-order valence-electron chi connectivity index (χ0n) is 10.2. The van der Waals surface area contributed by atoms with Crippen molar-refractivity contribution in [3.8, 4) is 6.07 Å². The number of nitrogens with zero attached hydrogens (tertiary/aromatic N) is 3. The predicted molar refractivity (Wildman–Crippen MR) is 66.2 cm³/mol. The van der Waals surface area contributed by atoms with Crippen LogP contribution in [0.5, 0.6) is 0 Å². The standard InChI is InChI=1S/C13H18N4/c1-15-17-5-2-3-12(4-6-17)13-7-11(8-14)9-16-10-13/h7,9-10,12,15H,2-6H2,1H3/t12-/m1/s1. The molecule has 1 saturated heterocycles. The Labute approximate surface area is 102 Å². The molecule has 4 heteroatoms. The molecular formula is C13H18N4. The van der Waals surface area contributed by atoms with Crippen LogP contribution < -0.4 is 5.43 Å². The van der Waals surface area contributed by atoms with Gasteiger partial charge in [0.2, 0.25) is 0 Å². The van der Waals surface area contributed by atoms with E-state index in [9.17, 15) is 0 Å². The summed E-state index contributed by atoms with van der Waals surface area (Å²) in [6, 6.07) is 4.14. The van der Waals surface area contributed by atoms with Crippen molar-refractivity contribution in [3.63, 3.8) is 0 Å². The third-order valence-corrected chi connectivity index (χ3v) is 3.40. The van der Waals surface area contributed by atoms with E-state index >= 15 is 0 Å². The molecule has 2 heterocycles. The average Bonchev–Trinajstić information content (AvgIpc) is 2.64. The molecule has 0 spiro atoms. The molecule has 1 aliphatic rings. The molecule has 1 fully saturated rings. The van der Waals surface area contributed by atoms with Gasteiger partial charge in [0.25, 0.3) is 0 Å². The molecule has 17 heavy (non-hydrogen) atoms. The number of hydrogen-bond donors (Lipinski definition) is 1. The molecule has 90 valence electrons. The summed E-state index contributed by atoms with van der Waals surface area (Å²) in [4.78, 5) is 4.15. The summed E-state index contributed by atoms with van der Waals surface area (Å²) < 4.78 is 0. The largest absolute Gasteiger partial charge is 0.263 e. The summed E-state index contributed by atoms with van der Waals surface area (Å²) in [5.41, 5.74) is 5.08. The first kappa shape index (κ1) is 12.0. The van der Waals surface area contributed by atoms with Gasteiger partial charge in [-0.1, -0.05) is 0 Å². The van der Waals surface area contributed by atoms with Crippen molar-refractivity contribution < 1.29 is 0 Å². The van der Waals surface area contributed by atoms with Crippen LogP contribution in [0.3, 0.4) is 0 Å². The van der Waals surface area contributed by atoms with Crippen LogP contribution in [0.25, 0.3) is 0 Å². The molecule has 0 radical (unpaired) electrons. The highest BCUT2D eigenvalue weighted by molar-refractivity contribution is 5.30.